The van der Waals surface area contributed by atoms with Gasteiger partial charge in [0, 0.05) is 18.3 Å². The Morgan fingerprint density at radius 2 is 1.64 bits per heavy atom. The van der Waals surface area contributed by atoms with E-state index in [0.29, 0.717) is 17.0 Å². The van der Waals surface area contributed by atoms with E-state index in [1.807, 2.05) is 48.5 Å². The molecule has 5 nitrogen and oxygen atoms in total. The fraction of sp³-hybridized carbons (Fsp3) is 0.0909. The lowest BCUT2D eigenvalue weighted by Crippen LogP contribution is -2.21. The van der Waals surface area contributed by atoms with E-state index in [1.165, 1.54) is 0 Å². The van der Waals surface area contributed by atoms with Gasteiger partial charge in [0.15, 0.2) is 6.61 Å². The first-order valence-corrected chi connectivity index (χ1v) is 9.46. The van der Waals surface area contributed by atoms with Gasteiger partial charge in [-0.1, -0.05) is 36.4 Å². The molecular weight excluding hydrogens is 420 g/mol. The van der Waals surface area contributed by atoms with Crippen LogP contribution in [0.5, 0.6) is 5.75 Å². The molecule has 2 amide bonds. The number of hydrogen-bond acceptors (Lipinski definition) is 3. The van der Waals surface area contributed by atoms with Crippen molar-refractivity contribution in [2.75, 3.05) is 19.0 Å². The topological polar surface area (TPSA) is 67.4 Å². The number of amides is 2. The zero-order chi connectivity index (χ0) is 19.9. The van der Waals surface area contributed by atoms with E-state index in [0.717, 1.165) is 15.6 Å². The third-order valence-corrected chi connectivity index (χ3v) is 4.68. The van der Waals surface area contributed by atoms with Crippen LogP contribution in [0, 0.1) is 0 Å². The second-order valence-corrected chi connectivity index (χ2v) is 6.86. The van der Waals surface area contributed by atoms with Gasteiger partial charge in [0.05, 0.1) is 4.47 Å². The maximum atomic E-state index is 12.1. The van der Waals surface area contributed by atoms with Crippen molar-refractivity contribution in [3.8, 4) is 16.9 Å². The highest BCUT2D eigenvalue weighted by atomic mass is 79.9. The Morgan fingerprint density at radius 3 is 2.29 bits per heavy atom. The summed E-state index contributed by atoms with van der Waals surface area (Å²) in [4.78, 5) is 23.7. The Bertz CT molecular complexity index is 973. The smallest absolute Gasteiger partial charge is 0.262 e. The van der Waals surface area contributed by atoms with Crippen LogP contribution in [0.25, 0.3) is 11.1 Å². The van der Waals surface area contributed by atoms with E-state index in [-0.39, 0.29) is 18.4 Å². The Kier molecular flexibility index (Phi) is 6.45. The molecule has 0 atom stereocenters. The van der Waals surface area contributed by atoms with Gasteiger partial charge in [-0.15, -0.1) is 0 Å². The summed E-state index contributed by atoms with van der Waals surface area (Å²) in [5, 5.41) is 5.29. The van der Waals surface area contributed by atoms with Gasteiger partial charge in [-0.2, -0.15) is 0 Å². The molecule has 0 aliphatic rings. The van der Waals surface area contributed by atoms with Crippen LogP contribution in [-0.2, 0) is 4.79 Å². The molecule has 6 heteroatoms. The van der Waals surface area contributed by atoms with Crippen LogP contribution in [0.1, 0.15) is 10.4 Å². The van der Waals surface area contributed by atoms with Gasteiger partial charge >= 0.3 is 0 Å². The highest BCUT2D eigenvalue weighted by Crippen LogP contribution is 2.30. The first-order chi connectivity index (χ1) is 13.6. The minimum absolute atomic E-state index is 0.125. The third-order valence-electron chi connectivity index (χ3n) is 4.06. The van der Waals surface area contributed by atoms with Crippen molar-refractivity contribution in [2.24, 2.45) is 0 Å². The van der Waals surface area contributed by atoms with Gasteiger partial charge in [-0.25, -0.2) is 0 Å². The number of ether oxygens (including phenoxy) is 1. The number of carbonyl (C=O) groups is 2. The van der Waals surface area contributed by atoms with Crippen molar-refractivity contribution in [1.29, 1.82) is 0 Å². The highest BCUT2D eigenvalue weighted by molar-refractivity contribution is 9.10. The SMILES string of the molecule is CNC(=O)c1ccc(NC(=O)COc2ccc(-c3ccccc3)cc2Br)cc1. The Balaban J connectivity index is 1.58. The summed E-state index contributed by atoms with van der Waals surface area (Å²) < 4.78 is 6.39. The van der Waals surface area contributed by atoms with Crippen LogP contribution in [0.4, 0.5) is 5.69 Å². The van der Waals surface area contributed by atoms with Gasteiger partial charge in [-0.05, 0) is 63.5 Å². The quantitative estimate of drug-likeness (QED) is 0.595. The largest absolute Gasteiger partial charge is 0.483 e. The number of benzene rings is 3. The summed E-state index contributed by atoms with van der Waals surface area (Å²) in [5.74, 6) is 0.126. The fourth-order valence-corrected chi connectivity index (χ4v) is 3.11. The summed E-state index contributed by atoms with van der Waals surface area (Å²) >= 11 is 3.50. The lowest BCUT2D eigenvalue weighted by Gasteiger charge is -2.11. The molecule has 0 fully saturated rings. The highest BCUT2D eigenvalue weighted by Gasteiger charge is 2.09. The molecule has 0 aliphatic heterocycles. The lowest BCUT2D eigenvalue weighted by atomic mass is 10.1. The molecule has 0 saturated heterocycles. The van der Waals surface area contributed by atoms with E-state index in [1.54, 1.807) is 31.3 Å². The maximum Gasteiger partial charge on any atom is 0.262 e. The normalized spacial score (nSPS) is 10.2. The predicted molar refractivity (Wildman–Crippen MR) is 114 cm³/mol. The van der Waals surface area contributed by atoms with E-state index in [9.17, 15) is 9.59 Å². The molecule has 3 aromatic carbocycles. The van der Waals surface area contributed by atoms with Gasteiger partial charge in [-0.3, -0.25) is 9.59 Å². The molecule has 3 aromatic rings. The number of carbonyl (C=O) groups excluding carboxylic acids is 2. The third kappa shape index (κ3) is 4.98. The predicted octanol–water partition coefficient (Wildman–Crippen LogP) is 4.49. The number of halogens is 1. The number of nitrogens with one attached hydrogen (secondary N) is 2. The summed E-state index contributed by atoms with van der Waals surface area (Å²) in [6, 6.07) is 22.4. The van der Waals surface area contributed by atoms with Crippen molar-refractivity contribution in [1.82, 2.24) is 5.32 Å². The summed E-state index contributed by atoms with van der Waals surface area (Å²) in [7, 11) is 1.57. The fourth-order valence-electron chi connectivity index (χ4n) is 2.62. The summed E-state index contributed by atoms with van der Waals surface area (Å²) in [6.07, 6.45) is 0. The average molecular weight is 439 g/mol. The van der Waals surface area contributed by atoms with Crippen LogP contribution in [0.3, 0.4) is 0 Å². The molecule has 2 N–H and O–H groups in total. The summed E-state index contributed by atoms with van der Waals surface area (Å²) in [6.45, 7) is -0.125. The molecule has 0 unspecified atom stereocenters. The molecule has 142 valence electrons. The van der Waals surface area contributed by atoms with Crippen molar-refractivity contribution in [3.63, 3.8) is 0 Å². The molecule has 0 bridgehead atoms. The molecular formula is C22H19BrN2O3. The molecule has 0 spiro atoms. The van der Waals surface area contributed by atoms with E-state index in [4.69, 9.17) is 4.74 Å². The Labute approximate surface area is 171 Å². The molecule has 0 heterocycles. The second kappa shape index (κ2) is 9.19. The molecule has 0 aliphatic carbocycles. The zero-order valence-corrected chi connectivity index (χ0v) is 16.8. The minimum Gasteiger partial charge on any atom is -0.483 e. The standard InChI is InChI=1S/C22H19BrN2O3/c1-24-22(27)16-7-10-18(11-8-16)25-21(26)14-28-20-12-9-17(13-19(20)23)15-5-3-2-4-6-15/h2-13H,14H2,1H3,(H,24,27)(H,25,26). The van der Waals surface area contributed by atoms with Crippen molar-refractivity contribution < 1.29 is 14.3 Å². The zero-order valence-electron chi connectivity index (χ0n) is 15.2. The molecule has 0 saturated carbocycles. The Hall–Kier alpha value is -3.12. The first kappa shape index (κ1) is 19.6. The van der Waals surface area contributed by atoms with E-state index < -0.39 is 0 Å². The molecule has 3 rings (SSSR count). The van der Waals surface area contributed by atoms with Crippen LogP contribution in [0.15, 0.2) is 77.3 Å². The molecule has 0 radical (unpaired) electrons. The van der Waals surface area contributed by atoms with Crippen molar-refractivity contribution >= 4 is 33.4 Å². The second-order valence-electron chi connectivity index (χ2n) is 6.00. The number of anilines is 1. The van der Waals surface area contributed by atoms with Gasteiger partial charge in [0.25, 0.3) is 11.8 Å². The van der Waals surface area contributed by atoms with Crippen molar-refractivity contribution in [2.45, 2.75) is 0 Å². The number of hydrogen-bond donors (Lipinski definition) is 2. The Morgan fingerprint density at radius 1 is 0.929 bits per heavy atom. The van der Waals surface area contributed by atoms with Gasteiger partial charge in [0.1, 0.15) is 5.75 Å². The molecule has 0 aromatic heterocycles. The van der Waals surface area contributed by atoms with Crippen LogP contribution in [0.2, 0.25) is 0 Å². The van der Waals surface area contributed by atoms with Crippen LogP contribution < -0.4 is 15.4 Å². The van der Waals surface area contributed by atoms with Crippen LogP contribution >= 0.6 is 15.9 Å². The lowest BCUT2D eigenvalue weighted by molar-refractivity contribution is -0.118. The number of rotatable bonds is 6. The van der Waals surface area contributed by atoms with Crippen LogP contribution in [-0.4, -0.2) is 25.5 Å². The van der Waals surface area contributed by atoms with E-state index >= 15 is 0 Å². The molecule has 28 heavy (non-hydrogen) atoms. The maximum absolute atomic E-state index is 12.1. The van der Waals surface area contributed by atoms with Crippen molar-refractivity contribution in [3.05, 3.63) is 82.8 Å². The minimum atomic E-state index is -0.285. The van der Waals surface area contributed by atoms with Gasteiger partial charge in [0.2, 0.25) is 0 Å². The summed E-state index contributed by atoms with van der Waals surface area (Å²) in [5.41, 5.74) is 3.28. The first-order valence-electron chi connectivity index (χ1n) is 8.66. The monoisotopic (exact) mass is 438 g/mol. The van der Waals surface area contributed by atoms with E-state index in [2.05, 4.69) is 26.6 Å². The average Bonchev–Trinajstić information content (AvgIpc) is 2.73. The van der Waals surface area contributed by atoms with Gasteiger partial charge < -0.3 is 15.4 Å².